The molecule has 3 rings (SSSR count). The number of rotatable bonds is 2. The first-order valence-corrected chi connectivity index (χ1v) is 6.27. The number of hydrogen-bond acceptors (Lipinski definition) is 5. The molecule has 7 heteroatoms. The summed E-state index contributed by atoms with van der Waals surface area (Å²) in [4.78, 5) is 25.0. The summed E-state index contributed by atoms with van der Waals surface area (Å²) in [5, 5.41) is 4.23. The number of aryl methyl sites for hydroxylation is 1. The zero-order chi connectivity index (χ0) is 13.4. The minimum absolute atomic E-state index is 0.161. The Morgan fingerprint density at radius 1 is 1.47 bits per heavy atom. The molecule has 0 radical (unpaired) electrons. The van der Waals surface area contributed by atoms with Crippen molar-refractivity contribution in [1.82, 2.24) is 14.7 Å². The van der Waals surface area contributed by atoms with Gasteiger partial charge in [0.15, 0.2) is 5.69 Å². The van der Waals surface area contributed by atoms with Crippen LogP contribution in [0.1, 0.15) is 16.9 Å². The summed E-state index contributed by atoms with van der Waals surface area (Å²) < 4.78 is 11.8. The van der Waals surface area contributed by atoms with Gasteiger partial charge in [0, 0.05) is 32.1 Å². The van der Waals surface area contributed by atoms with Gasteiger partial charge in [-0.2, -0.15) is 5.10 Å². The van der Waals surface area contributed by atoms with Crippen molar-refractivity contribution in [3.63, 3.8) is 0 Å². The molecule has 0 unspecified atom stereocenters. The molecule has 102 valence electrons. The average Bonchev–Trinajstić information content (AvgIpc) is 2.80. The molecule has 1 saturated heterocycles. The summed E-state index contributed by atoms with van der Waals surface area (Å²) in [5.74, 6) is 0.00394. The molecule has 1 amide bonds. The Labute approximate surface area is 110 Å². The summed E-state index contributed by atoms with van der Waals surface area (Å²) in [5.41, 5.74) is 0.375. The second-order valence-electron chi connectivity index (χ2n) is 4.72. The van der Waals surface area contributed by atoms with Crippen LogP contribution in [-0.2, 0) is 16.1 Å². The predicted octanol–water partition coefficient (Wildman–Crippen LogP) is -0.0894. The molecule has 0 spiro atoms. The highest BCUT2D eigenvalue weighted by Crippen LogP contribution is 2.23. The molecule has 0 aliphatic carbocycles. The van der Waals surface area contributed by atoms with E-state index in [4.69, 9.17) is 4.74 Å². The third kappa shape index (κ3) is 2.05. The molecule has 3 heterocycles. The van der Waals surface area contributed by atoms with Gasteiger partial charge < -0.3 is 14.4 Å². The zero-order valence-electron chi connectivity index (χ0n) is 10.7. The summed E-state index contributed by atoms with van der Waals surface area (Å²) in [7, 11) is 1.35. The molecular weight excluding hydrogens is 250 g/mol. The zero-order valence-corrected chi connectivity index (χ0v) is 10.7. The Kier molecular flexibility index (Phi) is 2.88. The van der Waals surface area contributed by atoms with Crippen LogP contribution in [0.2, 0.25) is 0 Å². The van der Waals surface area contributed by atoms with Crippen molar-refractivity contribution >= 4 is 11.9 Å². The Morgan fingerprint density at radius 2 is 2.26 bits per heavy atom. The maximum Gasteiger partial charge on any atom is 0.312 e. The number of methoxy groups -OCH3 is 1. The monoisotopic (exact) mass is 265 g/mol. The third-order valence-corrected chi connectivity index (χ3v) is 3.43. The molecule has 7 nitrogen and oxygen atoms in total. The molecule has 0 aromatic carbocycles. The van der Waals surface area contributed by atoms with Crippen molar-refractivity contribution in [1.29, 1.82) is 0 Å². The number of carbonyl (C=O) groups excluding carboxylic acids is 2. The minimum Gasteiger partial charge on any atom is -0.478 e. The SMILES string of the molecule is COC(=O)C1CN(C(=O)c2cc3n(n2)CCCO3)C1. The van der Waals surface area contributed by atoms with E-state index in [-0.39, 0.29) is 17.8 Å². The van der Waals surface area contributed by atoms with E-state index < -0.39 is 0 Å². The molecule has 1 fully saturated rings. The van der Waals surface area contributed by atoms with Crippen LogP contribution in [0.4, 0.5) is 0 Å². The second kappa shape index (κ2) is 4.56. The normalized spacial score (nSPS) is 18.3. The highest BCUT2D eigenvalue weighted by atomic mass is 16.5. The minimum atomic E-state index is -0.267. The van der Waals surface area contributed by atoms with Crippen LogP contribution in [-0.4, -0.2) is 53.4 Å². The van der Waals surface area contributed by atoms with E-state index in [2.05, 4.69) is 9.84 Å². The number of likely N-dealkylation sites (tertiary alicyclic amines) is 1. The van der Waals surface area contributed by atoms with Crippen LogP contribution in [0.15, 0.2) is 6.07 Å². The molecule has 1 aromatic heterocycles. The van der Waals surface area contributed by atoms with E-state index >= 15 is 0 Å². The van der Waals surface area contributed by atoms with Gasteiger partial charge in [0.05, 0.1) is 19.6 Å². The lowest BCUT2D eigenvalue weighted by Gasteiger charge is -2.36. The summed E-state index contributed by atoms with van der Waals surface area (Å²) in [6, 6.07) is 1.66. The Hall–Kier alpha value is -2.05. The number of hydrogen-bond donors (Lipinski definition) is 0. The molecule has 0 atom stereocenters. The number of ether oxygens (including phenoxy) is 2. The van der Waals surface area contributed by atoms with Crippen molar-refractivity contribution in [2.75, 3.05) is 26.8 Å². The quantitative estimate of drug-likeness (QED) is 0.699. The van der Waals surface area contributed by atoms with Crippen molar-refractivity contribution in [3.8, 4) is 5.88 Å². The van der Waals surface area contributed by atoms with Gasteiger partial charge in [-0.3, -0.25) is 9.59 Å². The lowest BCUT2D eigenvalue weighted by molar-refractivity contribution is -0.149. The summed E-state index contributed by atoms with van der Waals surface area (Å²) >= 11 is 0. The molecule has 0 bridgehead atoms. The van der Waals surface area contributed by atoms with E-state index in [1.54, 1.807) is 15.6 Å². The Balaban J connectivity index is 1.65. The van der Waals surface area contributed by atoms with Crippen LogP contribution < -0.4 is 4.74 Å². The molecule has 0 saturated carbocycles. The summed E-state index contributed by atoms with van der Waals surface area (Å²) in [6.45, 7) is 2.23. The van der Waals surface area contributed by atoms with E-state index in [0.717, 1.165) is 13.0 Å². The number of fused-ring (bicyclic) bond motifs is 1. The Morgan fingerprint density at radius 3 is 2.95 bits per heavy atom. The molecule has 2 aliphatic rings. The lowest BCUT2D eigenvalue weighted by atomic mass is 10.00. The Bertz CT molecular complexity index is 496. The van der Waals surface area contributed by atoms with E-state index in [9.17, 15) is 9.59 Å². The molecule has 2 aliphatic heterocycles. The fourth-order valence-electron chi connectivity index (χ4n) is 2.29. The molecule has 0 N–H and O–H groups in total. The van der Waals surface area contributed by atoms with Gasteiger partial charge in [-0.1, -0.05) is 0 Å². The van der Waals surface area contributed by atoms with Crippen LogP contribution in [0.3, 0.4) is 0 Å². The number of nitrogens with zero attached hydrogens (tertiary/aromatic N) is 3. The third-order valence-electron chi connectivity index (χ3n) is 3.43. The van der Waals surface area contributed by atoms with Gasteiger partial charge >= 0.3 is 5.97 Å². The standard InChI is InChI=1S/C12H15N3O4/c1-18-12(17)8-6-14(7-8)11(16)9-5-10-15(13-9)3-2-4-19-10/h5,8H,2-4,6-7H2,1H3. The first-order chi connectivity index (χ1) is 9.19. The van der Waals surface area contributed by atoms with Gasteiger partial charge in [-0.05, 0) is 0 Å². The first kappa shape index (κ1) is 12.0. The average molecular weight is 265 g/mol. The van der Waals surface area contributed by atoms with Crippen molar-refractivity contribution < 1.29 is 19.1 Å². The van der Waals surface area contributed by atoms with Crippen LogP contribution in [0.25, 0.3) is 0 Å². The van der Waals surface area contributed by atoms with E-state index in [0.29, 0.717) is 31.3 Å². The van der Waals surface area contributed by atoms with Gasteiger partial charge in [0.1, 0.15) is 0 Å². The molecule has 1 aromatic rings. The smallest absolute Gasteiger partial charge is 0.312 e. The van der Waals surface area contributed by atoms with Crippen molar-refractivity contribution in [3.05, 3.63) is 11.8 Å². The number of amides is 1. The van der Waals surface area contributed by atoms with Crippen molar-refractivity contribution in [2.24, 2.45) is 5.92 Å². The number of carbonyl (C=O) groups is 2. The maximum atomic E-state index is 12.1. The second-order valence-corrected chi connectivity index (χ2v) is 4.72. The van der Waals surface area contributed by atoms with E-state index in [1.165, 1.54) is 7.11 Å². The van der Waals surface area contributed by atoms with Gasteiger partial charge in [0.25, 0.3) is 5.91 Å². The number of aromatic nitrogens is 2. The van der Waals surface area contributed by atoms with Crippen LogP contribution >= 0.6 is 0 Å². The van der Waals surface area contributed by atoms with Crippen molar-refractivity contribution in [2.45, 2.75) is 13.0 Å². The fourth-order valence-corrected chi connectivity index (χ4v) is 2.29. The molecule has 19 heavy (non-hydrogen) atoms. The van der Waals surface area contributed by atoms with Gasteiger partial charge in [0.2, 0.25) is 5.88 Å². The van der Waals surface area contributed by atoms with Crippen LogP contribution in [0.5, 0.6) is 5.88 Å². The highest BCUT2D eigenvalue weighted by Gasteiger charge is 2.37. The van der Waals surface area contributed by atoms with E-state index in [1.807, 2.05) is 0 Å². The van der Waals surface area contributed by atoms with Gasteiger partial charge in [-0.25, -0.2) is 4.68 Å². The van der Waals surface area contributed by atoms with Crippen LogP contribution in [0, 0.1) is 5.92 Å². The van der Waals surface area contributed by atoms with Gasteiger partial charge in [-0.15, -0.1) is 0 Å². The largest absolute Gasteiger partial charge is 0.478 e. The summed E-state index contributed by atoms with van der Waals surface area (Å²) in [6.07, 6.45) is 0.899. The maximum absolute atomic E-state index is 12.1. The lowest BCUT2D eigenvalue weighted by Crippen LogP contribution is -2.53. The topological polar surface area (TPSA) is 73.7 Å². The first-order valence-electron chi connectivity index (χ1n) is 6.27. The number of esters is 1. The predicted molar refractivity (Wildman–Crippen MR) is 63.7 cm³/mol. The molecular formula is C12H15N3O4. The highest BCUT2D eigenvalue weighted by molar-refractivity contribution is 5.94. The fraction of sp³-hybridized carbons (Fsp3) is 0.583.